The van der Waals surface area contributed by atoms with E-state index < -0.39 is 0 Å². The molecule has 1 aliphatic heterocycles. The largest absolute Gasteiger partial charge is 0.481 e. The first-order valence-corrected chi connectivity index (χ1v) is 8.55. The number of aromatic nitrogens is 3. The topological polar surface area (TPSA) is 63.1 Å². The van der Waals surface area contributed by atoms with Crippen LogP contribution in [0.15, 0.2) is 30.5 Å². The highest BCUT2D eigenvalue weighted by molar-refractivity contribution is 5.98. The Balaban J connectivity index is 1.70. The van der Waals surface area contributed by atoms with Crippen LogP contribution in [0.2, 0.25) is 0 Å². The number of benzene rings is 1. The predicted octanol–water partition coefficient (Wildman–Crippen LogP) is 3.20. The van der Waals surface area contributed by atoms with Gasteiger partial charge in [0.15, 0.2) is 0 Å². The lowest BCUT2D eigenvalue weighted by Gasteiger charge is -2.25. The molecule has 130 valence electrons. The molecule has 1 aliphatic rings. The summed E-state index contributed by atoms with van der Waals surface area (Å²) < 4.78 is 7.29. The Hall–Kier alpha value is -2.76. The summed E-state index contributed by atoms with van der Waals surface area (Å²) in [6, 6.07) is 7.84. The van der Waals surface area contributed by atoms with Crippen LogP contribution in [0, 0.1) is 6.92 Å². The lowest BCUT2D eigenvalue weighted by molar-refractivity contribution is 0.0734. The second-order valence-corrected chi connectivity index (χ2v) is 6.57. The Kier molecular flexibility index (Phi) is 3.75. The van der Waals surface area contributed by atoms with Crippen LogP contribution in [0.25, 0.3) is 10.9 Å². The molecule has 0 spiro atoms. The molecule has 6 nitrogen and oxygen atoms in total. The molecular weight excluding hydrogens is 316 g/mol. The Morgan fingerprint density at radius 3 is 3.00 bits per heavy atom. The lowest BCUT2D eigenvalue weighted by Crippen LogP contribution is -2.31. The molecule has 1 fully saturated rings. The number of hydrogen-bond acceptors (Lipinski definition) is 3. The fraction of sp³-hybridized carbons (Fsp3) is 0.368. The number of nitrogens with zero attached hydrogens (tertiary/aromatic N) is 3. The van der Waals surface area contributed by atoms with E-state index in [-0.39, 0.29) is 11.9 Å². The molecular formula is C19H22N4O2. The van der Waals surface area contributed by atoms with Gasteiger partial charge in [-0.15, -0.1) is 0 Å². The summed E-state index contributed by atoms with van der Waals surface area (Å²) >= 11 is 0. The molecule has 25 heavy (non-hydrogen) atoms. The SMILES string of the molecule is COc1c([C@H]2CCCN2C(=O)c2ccc3cc[nH]c3c2)c(C)nn1C. The smallest absolute Gasteiger partial charge is 0.254 e. The van der Waals surface area contributed by atoms with E-state index in [1.165, 1.54) is 0 Å². The van der Waals surface area contributed by atoms with Crippen molar-refractivity contribution >= 4 is 16.8 Å². The van der Waals surface area contributed by atoms with E-state index in [1.54, 1.807) is 11.8 Å². The van der Waals surface area contributed by atoms with Crippen molar-refractivity contribution in [1.29, 1.82) is 0 Å². The monoisotopic (exact) mass is 338 g/mol. The second-order valence-electron chi connectivity index (χ2n) is 6.57. The number of aryl methyl sites for hydroxylation is 2. The standard InChI is InChI=1S/C19H22N4O2/c1-12-17(19(25-3)22(2)21-12)16-5-4-10-23(16)18(24)14-7-6-13-8-9-20-15(13)11-14/h6-9,11,16,20H,4-5,10H2,1-3H3/t16-/m1/s1. The number of rotatable bonds is 3. The van der Waals surface area contributed by atoms with Crippen molar-refractivity contribution in [2.24, 2.45) is 7.05 Å². The summed E-state index contributed by atoms with van der Waals surface area (Å²) in [5, 5.41) is 5.59. The normalized spacial score (nSPS) is 17.4. The number of H-pyrrole nitrogens is 1. The highest BCUT2D eigenvalue weighted by atomic mass is 16.5. The van der Waals surface area contributed by atoms with Crippen LogP contribution in [-0.4, -0.2) is 39.2 Å². The number of likely N-dealkylation sites (tertiary alicyclic amines) is 1. The minimum absolute atomic E-state index is 0.00971. The van der Waals surface area contributed by atoms with E-state index in [9.17, 15) is 4.79 Å². The summed E-state index contributed by atoms with van der Waals surface area (Å²) in [6.07, 6.45) is 3.81. The van der Waals surface area contributed by atoms with Crippen LogP contribution in [0.3, 0.4) is 0 Å². The zero-order valence-electron chi connectivity index (χ0n) is 14.7. The van der Waals surface area contributed by atoms with Crippen molar-refractivity contribution in [3.8, 4) is 5.88 Å². The Morgan fingerprint density at radius 2 is 2.20 bits per heavy atom. The number of methoxy groups -OCH3 is 1. The maximum absolute atomic E-state index is 13.2. The van der Waals surface area contributed by atoms with Crippen LogP contribution in [0.5, 0.6) is 5.88 Å². The van der Waals surface area contributed by atoms with Crippen LogP contribution in [0.4, 0.5) is 0 Å². The molecule has 0 aliphatic carbocycles. The van der Waals surface area contributed by atoms with Gasteiger partial charge in [-0.25, -0.2) is 4.68 Å². The maximum atomic E-state index is 13.2. The molecule has 1 atom stereocenters. The van der Waals surface area contributed by atoms with Crippen molar-refractivity contribution < 1.29 is 9.53 Å². The molecule has 0 saturated carbocycles. The number of carbonyl (C=O) groups excluding carboxylic acids is 1. The van der Waals surface area contributed by atoms with Gasteiger partial charge in [0.05, 0.1) is 24.4 Å². The first-order valence-electron chi connectivity index (χ1n) is 8.55. The van der Waals surface area contributed by atoms with Gasteiger partial charge in [0, 0.05) is 30.9 Å². The van der Waals surface area contributed by atoms with Crippen molar-refractivity contribution in [2.45, 2.75) is 25.8 Å². The number of carbonyl (C=O) groups is 1. The number of amides is 1. The van der Waals surface area contributed by atoms with E-state index in [0.29, 0.717) is 5.56 Å². The molecule has 6 heteroatoms. The van der Waals surface area contributed by atoms with Crippen LogP contribution in [-0.2, 0) is 7.05 Å². The minimum atomic E-state index is 0.00971. The first kappa shape index (κ1) is 15.7. The average Bonchev–Trinajstić information content (AvgIpc) is 3.31. The molecule has 1 saturated heterocycles. The van der Waals surface area contributed by atoms with Crippen molar-refractivity contribution in [3.63, 3.8) is 0 Å². The van der Waals surface area contributed by atoms with E-state index in [4.69, 9.17) is 4.74 Å². The van der Waals surface area contributed by atoms with E-state index in [0.717, 1.165) is 47.4 Å². The molecule has 1 aromatic carbocycles. The van der Waals surface area contributed by atoms with Gasteiger partial charge in [-0.05, 0) is 43.4 Å². The number of nitrogens with one attached hydrogen (secondary N) is 1. The zero-order valence-corrected chi connectivity index (χ0v) is 14.7. The maximum Gasteiger partial charge on any atom is 0.254 e. The van der Waals surface area contributed by atoms with E-state index in [1.807, 2.05) is 49.3 Å². The van der Waals surface area contributed by atoms with Gasteiger partial charge < -0.3 is 14.6 Å². The molecule has 1 amide bonds. The van der Waals surface area contributed by atoms with Crippen molar-refractivity contribution in [2.75, 3.05) is 13.7 Å². The first-order chi connectivity index (χ1) is 12.1. The van der Waals surface area contributed by atoms with Gasteiger partial charge >= 0.3 is 0 Å². The van der Waals surface area contributed by atoms with Gasteiger partial charge in [-0.3, -0.25) is 4.79 Å². The summed E-state index contributed by atoms with van der Waals surface area (Å²) in [5.74, 6) is 0.798. The fourth-order valence-corrected chi connectivity index (χ4v) is 3.94. The third-order valence-electron chi connectivity index (χ3n) is 5.06. The van der Waals surface area contributed by atoms with Gasteiger partial charge in [-0.1, -0.05) is 6.07 Å². The molecule has 0 radical (unpaired) electrons. The predicted molar refractivity (Wildman–Crippen MR) is 95.8 cm³/mol. The van der Waals surface area contributed by atoms with Gasteiger partial charge in [-0.2, -0.15) is 5.10 Å². The highest BCUT2D eigenvalue weighted by Crippen LogP contribution is 2.39. The summed E-state index contributed by atoms with van der Waals surface area (Å²) in [7, 11) is 3.52. The van der Waals surface area contributed by atoms with Crippen molar-refractivity contribution in [1.82, 2.24) is 19.7 Å². The number of aromatic amines is 1. The van der Waals surface area contributed by atoms with Crippen molar-refractivity contribution in [3.05, 3.63) is 47.3 Å². The molecule has 3 aromatic rings. The molecule has 4 rings (SSSR count). The highest BCUT2D eigenvalue weighted by Gasteiger charge is 2.35. The van der Waals surface area contributed by atoms with Crippen LogP contribution >= 0.6 is 0 Å². The third kappa shape index (κ3) is 2.49. The van der Waals surface area contributed by atoms with Crippen LogP contribution < -0.4 is 4.74 Å². The Bertz CT molecular complexity index is 940. The third-order valence-corrected chi connectivity index (χ3v) is 5.06. The molecule has 2 aromatic heterocycles. The molecule has 3 heterocycles. The molecule has 0 unspecified atom stereocenters. The Labute approximate surface area is 146 Å². The number of hydrogen-bond donors (Lipinski definition) is 1. The van der Waals surface area contributed by atoms with E-state index in [2.05, 4.69) is 10.1 Å². The number of ether oxygens (including phenoxy) is 1. The number of fused-ring (bicyclic) bond motifs is 1. The molecule has 0 bridgehead atoms. The quantitative estimate of drug-likeness (QED) is 0.798. The minimum Gasteiger partial charge on any atom is -0.481 e. The van der Waals surface area contributed by atoms with Gasteiger partial charge in [0.2, 0.25) is 5.88 Å². The summed E-state index contributed by atoms with van der Waals surface area (Å²) in [6.45, 7) is 2.73. The average molecular weight is 338 g/mol. The lowest BCUT2D eigenvalue weighted by atomic mass is 10.0. The van der Waals surface area contributed by atoms with Gasteiger partial charge in [0.25, 0.3) is 5.91 Å². The Morgan fingerprint density at radius 1 is 1.36 bits per heavy atom. The fourth-order valence-electron chi connectivity index (χ4n) is 3.94. The van der Waals surface area contributed by atoms with E-state index >= 15 is 0 Å². The zero-order chi connectivity index (χ0) is 17.6. The van der Waals surface area contributed by atoms with Crippen LogP contribution in [0.1, 0.15) is 40.5 Å². The molecule has 1 N–H and O–H groups in total. The second kappa shape index (κ2) is 5.95. The summed E-state index contributed by atoms with van der Waals surface area (Å²) in [4.78, 5) is 18.3. The van der Waals surface area contributed by atoms with Gasteiger partial charge in [0.1, 0.15) is 0 Å². The summed E-state index contributed by atoms with van der Waals surface area (Å²) in [5.41, 5.74) is 3.64.